The molecule has 6 heteroatoms. The molecule has 3 N–H and O–H groups in total. The van der Waals surface area contributed by atoms with Crippen molar-refractivity contribution in [2.75, 3.05) is 6.61 Å². The number of carbonyl (C=O) groups is 1. The summed E-state index contributed by atoms with van der Waals surface area (Å²) < 4.78 is 4.42. The van der Waals surface area contributed by atoms with Crippen LogP contribution in [0, 0.1) is 0 Å². The first-order valence-corrected chi connectivity index (χ1v) is 2.46. The lowest BCUT2D eigenvalue weighted by molar-refractivity contribution is -0.132. The Balaban J connectivity index is 2.95. The molecular weight excluding hydrogens is 138 g/mol. The Morgan fingerprint density at radius 2 is 2.40 bits per heavy atom. The van der Waals surface area contributed by atoms with Gasteiger partial charge in [-0.2, -0.15) is 5.10 Å². The molecule has 1 fully saturated rings. The molecule has 0 saturated carbocycles. The van der Waals surface area contributed by atoms with Gasteiger partial charge in [0.15, 0.2) is 11.4 Å². The third kappa shape index (κ3) is 0.790. The Labute approximate surface area is 56.0 Å². The van der Waals surface area contributed by atoms with Gasteiger partial charge in [0.2, 0.25) is 0 Å². The molecule has 10 heavy (non-hydrogen) atoms. The summed E-state index contributed by atoms with van der Waals surface area (Å²) in [6.07, 6.45) is 0. The van der Waals surface area contributed by atoms with Gasteiger partial charge in [-0.05, 0) is 0 Å². The van der Waals surface area contributed by atoms with Crippen LogP contribution in [0.3, 0.4) is 0 Å². The summed E-state index contributed by atoms with van der Waals surface area (Å²) in [5, 5.41) is 14.0. The lowest BCUT2D eigenvalue weighted by atomic mass is 10.3. The van der Waals surface area contributed by atoms with E-state index in [0.717, 1.165) is 0 Å². The van der Waals surface area contributed by atoms with Crippen molar-refractivity contribution in [1.29, 1.82) is 0 Å². The van der Waals surface area contributed by atoms with Crippen LogP contribution in [0.15, 0.2) is 10.3 Å². The first-order chi connectivity index (χ1) is 4.79. The van der Waals surface area contributed by atoms with Gasteiger partial charge in [-0.3, -0.25) is 0 Å². The number of nitrogens with two attached hydrogens (primary N) is 1. The Morgan fingerprint density at radius 3 is 2.80 bits per heavy atom. The normalized spacial score (nSPS) is 25.8. The highest BCUT2D eigenvalue weighted by Gasteiger charge is 2.28. The van der Waals surface area contributed by atoms with Crippen molar-refractivity contribution >= 4 is 17.4 Å². The maximum absolute atomic E-state index is 10.5. The summed E-state index contributed by atoms with van der Waals surface area (Å²) in [6, 6.07) is 0. The summed E-state index contributed by atoms with van der Waals surface area (Å²) >= 11 is 0. The number of esters is 1. The zero-order valence-electron chi connectivity index (χ0n) is 4.94. The average molecular weight is 143 g/mol. The Morgan fingerprint density at radius 1 is 1.70 bits per heavy atom. The fraction of sp³-hybridized carbons (Fsp3) is 0.250. The van der Waals surface area contributed by atoms with Crippen LogP contribution in [-0.4, -0.2) is 29.2 Å². The van der Waals surface area contributed by atoms with Gasteiger partial charge >= 0.3 is 5.97 Å². The van der Waals surface area contributed by atoms with Gasteiger partial charge < -0.3 is 15.8 Å². The highest BCUT2D eigenvalue weighted by atomic mass is 16.5. The van der Waals surface area contributed by atoms with Crippen molar-refractivity contribution in [3.05, 3.63) is 0 Å². The second kappa shape index (κ2) is 2.34. The third-order valence-corrected chi connectivity index (χ3v) is 1.06. The number of oxime groups is 1. The lowest BCUT2D eigenvalue weighted by Gasteiger charge is -1.84. The molecule has 0 aromatic carbocycles. The minimum absolute atomic E-state index is 0.0625. The van der Waals surface area contributed by atoms with Crippen LogP contribution < -0.4 is 5.84 Å². The van der Waals surface area contributed by atoms with Gasteiger partial charge in [0, 0.05) is 0 Å². The number of hydrogen-bond acceptors (Lipinski definition) is 6. The number of ether oxygens (including phenoxy) is 1. The van der Waals surface area contributed by atoms with E-state index in [1.807, 2.05) is 0 Å². The van der Waals surface area contributed by atoms with Crippen LogP contribution in [0.25, 0.3) is 0 Å². The number of rotatable bonds is 0. The van der Waals surface area contributed by atoms with E-state index in [9.17, 15) is 4.79 Å². The minimum atomic E-state index is -0.657. The van der Waals surface area contributed by atoms with Gasteiger partial charge in [0.05, 0.1) is 0 Å². The van der Waals surface area contributed by atoms with Crippen molar-refractivity contribution < 1.29 is 14.7 Å². The summed E-state index contributed by atoms with van der Waals surface area (Å²) in [4.78, 5) is 10.5. The zero-order chi connectivity index (χ0) is 7.56. The predicted octanol–water partition coefficient (Wildman–Crippen LogP) is -1.31. The fourth-order valence-corrected chi connectivity index (χ4v) is 0.592. The van der Waals surface area contributed by atoms with E-state index < -0.39 is 5.97 Å². The standard InChI is InChI=1S/C4H5N3O3/c5-6-3-2(7-9)1-10-4(3)8/h9H,1,5H2. The quantitative estimate of drug-likeness (QED) is 0.190. The van der Waals surface area contributed by atoms with E-state index in [2.05, 4.69) is 15.0 Å². The largest absolute Gasteiger partial charge is 0.454 e. The van der Waals surface area contributed by atoms with Crippen LogP contribution in [-0.2, 0) is 9.53 Å². The van der Waals surface area contributed by atoms with Gasteiger partial charge in [0.1, 0.15) is 6.61 Å². The summed E-state index contributed by atoms with van der Waals surface area (Å²) in [5.74, 6) is 4.13. The predicted molar refractivity (Wildman–Crippen MR) is 31.8 cm³/mol. The molecule has 0 unspecified atom stereocenters. The molecule has 1 heterocycles. The topological polar surface area (TPSA) is 97.3 Å². The molecule has 1 saturated heterocycles. The van der Waals surface area contributed by atoms with Crippen LogP contribution in [0.4, 0.5) is 0 Å². The van der Waals surface area contributed by atoms with Crippen LogP contribution >= 0.6 is 0 Å². The zero-order valence-corrected chi connectivity index (χ0v) is 4.94. The molecule has 0 amide bonds. The summed E-state index contributed by atoms with van der Waals surface area (Å²) in [5.41, 5.74) is -0.0602. The molecule has 6 nitrogen and oxygen atoms in total. The number of hydrogen-bond donors (Lipinski definition) is 2. The lowest BCUT2D eigenvalue weighted by Crippen LogP contribution is -2.16. The highest BCUT2D eigenvalue weighted by molar-refractivity contribution is 6.68. The first-order valence-electron chi connectivity index (χ1n) is 2.46. The molecule has 0 radical (unpaired) electrons. The molecular formula is C4H5N3O3. The number of carbonyl (C=O) groups excluding carboxylic acids is 1. The molecule has 1 rings (SSSR count). The SMILES string of the molecule is NN=C1C(=O)OCC1=NO. The minimum Gasteiger partial charge on any atom is -0.454 e. The molecule has 0 bridgehead atoms. The molecule has 1 aliphatic rings. The smallest absolute Gasteiger partial charge is 0.361 e. The first kappa shape index (κ1) is 6.53. The Kier molecular flexibility index (Phi) is 1.53. The van der Waals surface area contributed by atoms with Crippen LogP contribution in [0.1, 0.15) is 0 Å². The highest BCUT2D eigenvalue weighted by Crippen LogP contribution is 1.98. The van der Waals surface area contributed by atoms with E-state index in [-0.39, 0.29) is 18.0 Å². The number of cyclic esters (lactones) is 1. The molecule has 1 aliphatic heterocycles. The van der Waals surface area contributed by atoms with Gasteiger partial charge in [0.25, 0.3) is 0 Å². The number of hydrazone groups is 1. The maximum atomic E-state index is 10.5. The van der Waals surface area contributed by atoms with E-state index in [0.29, 0.717) is 0 Å². The molecule has 54 valence electrons. The average Bonchev–Trinajstić information content (AvgIpc) is 2.30. The summed E-state index contributed by atoms with van der Waals surface area (Å²) in [6.45, 7) is -0.0641. The van der Waals surface area contributed by atoms with Crippen molar-refractivity contribution in [1.82, 2.24) is 0 Å². The van der Waals surface area contributed by atoms with Crippen molar-refractivity contribution in [3.63, 3.8) is 0 Å². The maximum Gasteiger partial charge on any atom is 0.361 e. The fourth-order valence-electron chi connectivity index (χ4n) is 0.592. The molecule has 0 aromatic rings. The van der Waals surface area contributed by atoms with E-state index in [1.165, 1.54) is 0 Å². The molecule has 0 aromatic heterocycles. The number of nitrogens with zero attached hydrogens (tertiary/aromatic N) is 2. The molecule has 0 atom stereocenters. The van der Waals surface area contributed by atoms with E-state index in [4.69, 9.17) is 11.0 Å². The van der Waals surface area contributed by atoms with Crippen molar-refractivity contribution in [2.24, 2.45) is 16.1 Å². The monoisotopic (exact) mass is 143 g/mol. The van der Waals surface area contributed by atoms with Crippen molar-refractivity contribution in [3.8, 4) is 0 Å². The van der Waals surface area contributed by atoms with Crippen molar-refractivity contribution in [2.45, 2.75) is 0 Å². The van der Waals surface area contributed by atoms with E-state index in [1.54, 1.807) is 0 Å². The van der Waals surface area contributed by atoms with Gasteiger partial charge in [-0.15, -0.1) is 0 Å². The third-order valence-electron chi connectivity index (χ3n) is 1.06. The molecule has 0 aliphatic carbocycles. The van der Waals surface area contributed by atoms with Crippen LogP contribution in [0.5, 0.6) is 0 Å². The second-order valence-corrected chi connectivity index (χ2v) is 1.60. The Bertz CT molecular complexity index is 220. The second-order valence-electron chi connectivity index (χ2n) is 1.60. The van der Waals surface area contributed by atoms with E-state index >= 15 is 0 Å². The van der Waals surface area contributed by atoms with Gasteiger partial charge in [-0.25, -0.2) is 4.79 Å². The summed E-state index contributed by atoms with van der Waals surface area (Å²) in [7, 11) is 0. The van der Waals surface area contributed by atoms with Gasteiger partial charge in [-0.1, -0.05) is 5.16 Å². The Hall–Kier alpha value is -1.59. The van der Waals surface area contributed by atoms with Crippen LogP contribution in [0.2, 0.25) is 0 Å². The molecule has 0 spiro atoms.